The van der Waals surface area contributed by atoms with E-state index in [1.54, 1.807) is 12.1 Å². The van der Waals surface area contributed by atoms with Crippen molar-refractivity contribution < 1.29 is 14.6 Å². The number of phenols is 1. The molecule has 0 saturated carbocycles. The van der Waals surface area contributed by atoms with Crippen molar-refractivity contribution in [1.29, 1.82) is 0 Å². The zero-order valence-corrected chi connectivity index (χ0v) is 14.5. The fourth-order valence-electron chi connectivity index (χ4n) is 2.50. The lowest BCUT2D eigenvalue weighted by Crippen LogP contribution is -2.06. The van der Waals surface area contributed by atoms with Gasteiger partial charge in [-0.25, -0.2) is 0 Å². The van der Waals surface area contributed by atoms with E-state index in [2.05, 4.69) is 32.1 Å². The summed E-state index contributed by atoms with van der Waals surface area (Å²) in [5, 5.41) is 9.98. The maximum atomic E-state index is 12.5. The predicted molar refractivity (Wildman–Crippen MR) is 95.4 cm³/mol. The Morgan fingerprint density at radius 3 is 2.35 bits per heavy atom. The molecule has 0 atom stereocenters. The van der Waals surface area contributed by atoms with E-state index in [1.807, 2.05) is 6.08 Å². The third-order valence-corrected chi connectivity index (χ3v) is 3.65. The molecule has 23 heavy (non-hydrogen) atoms. The molecule has 3 heteroatoms. The molecule has 3 nitrogen and oxygen atoms in total. The molecule has 0 aromatic heterocycles. The molecule has 1 rings (SSSR count). The zero-order chi connectivity index (χ0) is 17.1. The summed E-state index contributed by atoms with van der Waals surface area (Å²) in [5.74, 6) is 0.604. The maximum absolute atomic E-state index is 12.5. The molecule has 1 N–H and O–H groups in total. The lowest BCUT2D eigenvalue weighted by atomic mass is 9.95. The third kappa shape index (κ3) is 5.93. The quantitative estimate of drug-likeness (QED) is 0.475. The second kappa shape index (κ2) is 10.7. The van der Waals surface area contributed by atoms with Gasteiger partial charge < -0.3 is 9.84 Å². The van der Waals surface area contributed by atoms with Crippen LogP contribution in [0.1, 0.15) is 61.9 Å². The minimum Gasteiger partial charge on any atom is -0.504 e. The highest BCUT2D eigenvalue weighted by atomic mass is 16.5. The van der Waals surface area contributed by atoms with E-state index in [9.17, 15) is 9.90 Å². The molecule has 126 valence electrons. The fourth-order valence-corrected chi connectivity index (χ4v) is 2.50. The number of ketones is 1. The first-order valence-corrected chi connectivity index (χ1v) is 8.37. The number of hydrogen-bond donors (Lipinski definition) is 1. The van der Waals surface area contributed by atoms with Gasteiger partial charge in [0.2, 0.25) is 0 Å². The largest absolute Gasteiger partial charge is 0.504 e. The van der Waals surface area contributed by atoms with E-state index in [0.29, 0.717) is 24.2 Å². The summed E-state index contributed by atoms with van der Waals surface area (Å²) in [6.07, 6.45) is 13.0. The second-order valence-electron chi connectivity index (χ2n) is 5.40. The van der Waals surface area contributed by atoms with E-state index >= 15 is 0 Å². The summed E-state index contributed by atoms with van der Waals surface area (Å²) in [6, 6.07) is 3.25. The van der Waals surface area contributed by atoms with Gasteiger partial charge in [0.25, 0.3) is 0 Å². The smallest absolute Gasteiger partial charge is 0.164 e. The van der Waals surface area contributed by atoms with Gasteiger partial charge in [-0.1, -0.05) is 38.2 Å². The van der Waals surface area contributed by atoms with Gasteiger partial charge in [-0.3, -0.25) is 4.79 Å². The normalized spacial score (nSPS) is 11.4. The molecule has 0 aliphatic carbocycles. The number of hydrogen-bond acceptors (Lipinski definition) is 3. The lowest BCUT2D eigenvalue weighted by Gasteiger charge is -2.14. The van der Waals surface area contributed by atoms with Gasteiger partial charge in [0.1, 0.15) is 0 Å². The second-order valence-corrected chi connectivity index (χ2v) is 5.40. The first-order chi connectivity index (χ1) is 11.2. The Labute approximate surface area is 139 Å². The van der Waals surface area contributed by atoms with E-state index in [0.717, 1.165) is 31.2 Å². The monoisotopic (exact) mass is 316 g/mol. The van der Waals surface area contributed by atoms with Gasteiger partial charge in [-0.05, 0) is 44.2 Å². The lowest BCUT2D eigenvalue weighted by molar-refractivity contribution is 0.0982. The van der Waals surface area contributed by atoms with Crippen LogP contribution in [0.25, 0.3) is 0 Å². The van der Waals surface area contributed by atoms with Crippen LogP contribution in [0.15, 0.2) is 36.4 Å². The number of benzene rings is 1. The molecule has 0 aliphatic rings. The highest BCUT2D eigenvalue weighted by Gasteiger charge is 2.17. The minimum atomic E-state index is 0.0874. The van der Waals surface area contributed by atoms with Crippen molar-refractivity contribution in [2.24, 2.45) is 0 Å². The molecule has 0 radical (unpaired) electrons. The number of rotatable bonds is 10. The first kappa shape index (κ1) is 19.0. The number of methoxy groups -OCH3 is 1. The molecular formula is C20H28O3. The number of carbonyl (C=O) groups excluding carboxylic acids is 1. The Morgan fingerprint density at radius 1 is 1.09 bits per heavy atom. The number of allylic oxidation sites excluding steroid dienone is 4. The summed E-state index contributed by atoms with van der Waals surface area (Å²) in [6.45, 7) is 4.16. The van der Waals surface area contributed by atoms with Crippen LogP contribution < -0.4 is 4.74 Å². The van der Waals surface area contributed by atoms with Crippen molar-refractivity contribution in [3.8, 4) is 11.5 Å². The van der Waals surface area contributed by atoms with Crippen LogP contribution in [0.4, 0.5) is 0 Å². The summed E-state index contributed by atoms with van der Waals surface area (Å²) in [5.41, 5.74) is 1.46. The Hall–Kier alpha value is -2.03. The molecule has 0 amide bonds. The van der Waals surface area contributed by atoms with Crippen molar-refractivity contribution >= 4 is 5.78 Å². The molecule has 0 bridgehead atoms. The number of carbonyl (C=O) groups is 1. The number of aromatic hydroxyl groups is 1. The molecule has 1 aromatic rings. The third-order valence-electron chi connectivity index (χ3n) is 3.65. The molecule has 0 aliphatic heterocycles. The topological polar surface area (TPSA) is 46.5 Å². The molecule has 1 aromatic carbocycles. The first-order valence-electron chi connectivity index (χ1n) is 8.37. The van der Waals surface area contributed by atoms with Crippen molar-refractivity contribution in [1.82, 2.24) is 0 Å². The standard InChI is InChI=1S/C20H28O3/c1-4-6-8-10-12-17-16(14-15-19(22)20(17)23-3)18(21)13-11-9-7-5-2/h6-9,14-15,22H,4-5,10-13H2,1-3H3. The van der Waals surface area contributed by atoms with Crippen LogP contribution in [-0.4, -0.2) is 18.0 Å². The van der Waals surface area contributed by atoms with Gasteiger partial charge in [0.05, 0.1) is 7.11 Å². The Morgan fingerprint density at radius 2 is 1.74 bits per heavy atom. The van der Waals surface area contributed by atoms with E-state index < -0.39 is 0 Å². The molecular weight excluding hydrogens is 288 g/mol. The average Bonchev–Trinajstić information content (AvgIpc) is 2.55. The van der Waals surface area contributed by atoms with Gasteiger partial charge >= 0.3 is 0 Å². The maximum Gasteiger partial charge on any atom is 0.164 e. The average molecular weight is 316 g/mol. The van der Waals surface area contributed by atoms with Crippen LogP contribution in [-0.2, 0) is 6.42 Å². The zero-order valence-electron chi connectivity index (χ0n) is 14.5. The number of Topliss-reactive ketones (excluding diaryl/α,β-unsaturated/α-hetero) is 1. The van der Waals surface area contributed by atoms with Crippen molar-refractivity contribution in [2.75, 3.05) is 7.11 Å². The molecule has 0 spiro atoms. The van der Waals surface area contributed by atoms with Crippen molar-refractivity contribution in [3.05, 3.63) is 47.6 Å². The molecule has 0 saturated heterocycles. The fraction of sp³-hybridized carbons (Fsp3) is 0.450. The summed E-state index contributed by atoms with van der Waals surface area (Å²) < 4.78 is 5.33. The Bertz CT molecular complexity index is 556. The summed E-state index contributed by atoms with van der Waals surface area (Å²) >= 11 is 0. The van der Waals surface area contributed by atoms with Crippen LogP contribution in [0.2, 0.25) is 0 Å². The summed E-state index contributed by atoms with van der Waals surface area (Å²) in [7, 11) is 1.53. The van der Waals surface area contributed by atoms with Gasteiger partial charge in [0.15, 0.2) is 17.3 Å². The van der Waals surface area contributed by atoms with Crippen molar-refractivity contribution in [2.45, 2.75) is 52.4 Å². The van der Waals surface area contributed by atoms with Crippen LogP contribution in [0.5, 0.6) is 11.5 Å². The van der Waals surface area contributed by atoms with Crippen LogP contribution in [0, 0.1) is 0 Å². The van der Waals surface area contributed by atoms with Gasteiger partial charge in [-0.15, -0.1) is 0 Å². The number of phenolic OH excluding ortho intramolecular Hbond substituents is 1. The molecule has 0 fully saturated rings. The minimum absolute atomic E-state index is 0.0874. The van der Waals surface area contributed by atoms with Crippen LogP contribution >= 0.6 is 0 Å². The van der Waals surface area contributed by atoms with E-state index in [4.69, 9.17) is 4.74 Å². The van der Waals surface area contributed by atoms with Gasteiger partial charge in [-0.2, -0.15) is 0 Å². The highest BCUT2D eigenvalue weighted by molar-refractivity contribution is 5.98. The molecule has 0 unspecified atom stereocenters. The molecule has 0 heterocycles. The van der Waals surface area contributed by atoms with E-state index in [-0.39, 0.29) is 11.5 Å². The van der Waals surface area contributed by atoms with Crippen molar-refractivity contribution in [3.63, 3.8) is 0 Å². The van der Waals surface area contributed by atoms with E-state index in [1.165, 1.54) is 7.11 Å². The van der Waals surface area contributed by atoms with Crippen LogP contribution in [0.3, 0.4) is 0 Å². The highest BCUT2D eigenvalue weighted by Crippen LogP contribution is 2.34. The number of ether oxygens (including phenoxy) is 1. The Kier molecular flexibility index (Phi) is 8.81. The van der Waals surface area contributed by atoms with Gasteiger partial charge in [0, 0.05) is 17.5 Å². The SMILES string of the molecule is CCC=CCCC(=O)c1ccc(O)c(OC)c1CCC=CCC. The Balaban J connectivity index is 2.97. The predicted octanol–water partition coefficient (Wildman–Crippen LogP) is 5.23. The summed E-state index contributed by atoms with van der Waals surface area (Å²) in [4.78, 5) is 12.5.